The highest BCUT2D eigenvalue weighted by atomic mass is 32.2. The number of rotatable bonds is 2. The van der Waals surface area contributed by atoms with Crippen LogP contribution in [0.4, 0.5) is 10.5 Å². The van der Waals surface area contributed by atoms with Gasteiger partial charge in [-0.2, -0.15) is 10.1 Å². The third-order valence-electron chi connectivity index (χ3n) is 1.90. The number of pyridine rings is 1. The first-order valence-corrected chi connectivity index (χ1v) is 5.42. The van der Waals surface area contributed by atoms with Gasteiger partial charge in [-0.3, -0.25) is 9.59 Å². The van der Waals surface area contributed by atoms with Crippen LogP contribution < -0.4 is 10.7 Å². The number of hydrogen-bond donors (Lipinski definition) is 1. The second kappa shape index (κ2) is 4.31. The molecule has 1 aliphatic heterocycles. The zero-order valence-corrected chi connectivity index (χ0v) is 8.98. The first-order valence-electron chi connectivity index (χ1n) is 4.43. The topological polar surface area (TPSA) is 88.7 Å². The van der Waals surface area contributed by atoms with E-state index in [4.69, 9.17) is 5.73 Å². The number of thioether (sulfide) groups is 1. The molecule has 2 amide bonds. The number of aromatic nitrogens is 1. The van der Waals surface area contributed by atoms with Gasteiger partial charge in [0, 0.05) is 12.0 Å². The van der Waals surface area contributed by atoms with Gasteiger partial charge in [0.2, 0.25) is 0 Å². The van der Waals surface area contributed by atoms with Crippen LogP contribution in [0.25, 0.3) is 0 Å². The Morgan fingerprint density at radius 3 is 2.88 bits per heavy atom. The maximum Gasteiger partial charge on any atom is 0.306 e. The Labute approximate surface area is 95.5 Å². The Hall–Kier alpha value is -1.89. The second-order valence-corrected chi connectivity index (χ2v) is 3.92. The highest BCUT2D eigenvalue weighted by Gasteiger charge is 2.18. The first-order chi connectivity index (χ1) is 7.68. The molecule has 2 N–H and O–H groups in total. The molecule has 0 saturated carbocycles. The zero-order valence-electron chi connectivity index (χ0n) is 8.16. The van der Waals surface area contributed by atoms with Crippen molar-refractivity contribution in [2.75, 3.05) is 10.8 Å². The SMILES string of the molecule is NC(=O)c1ccc(N2N=CCSC2=O)cn1. The fourth-order valence-corrected chi connectivity index (χ4v) is 1.72. The van der Waals surface area contributed by atoms with Gasteiger partial charge in [0.1, 0.15) is 5.69 Å². The van der Waals surface area contributed by atoms with Gasteiger partial charge in [0.15, 0.2) is 0 Å². The quantitative estimate of drug-likeness (QED) is 0.824. The molecular formula is C9H8N4O2S. The fraction of sp³-hybridized carbons (Fsp3) is 0.111. The number of nitrogens with two attached hydrogens (primary N) is 1. The van der Waals surface area contributed by atoms with Crippen molar-refractivity contribution in [1.29, 1.82) is 0 Å². The van der Waals surface area contributed by atoms with E-state index in [-0.39, 0.29) is 10.9 Å². The van der Waals surface area contributed by atoms with Gasteiger partial charge in [-0.25, -0.2) is 4.98 Å². The number of hydrazone groups is 1. The fourth-order valence-electron chi connectivity index (χ4n) is 1.16. The summed E-state index contributed by atoms with van der Waals surface area (Å²) in [6, 6.07) is 3.04. The van der Waals surface area contributed by atoms with Gasteiger partial charge in [-0.05, 0) is 12.1 Å². The highest BCUT2D eigenvalue weighted by molar-refractivity contribution is 8.14. The van der Waals surface area contributed by atoms with Crippen LogP contribution in [0.15, 0.2) is 23.4 Å². The third-order valence-corrected chi connectivity index (χ3v) is 2.63. The Balaban J connectivity index is 2.27. The van der Waals surface area contributed by atoms with E-state index in [0.29, 0.717) is 11.4 Å². The van der Waals surface area contributed by atoms with Gasteiger partial charge in [-0.1, -0.05) is 11.8 Å². The minimum absolute atomic E-state index is 0.157. The molecule has 0 aromatic carbocycles. The summed E-state index contributed by atoms with van der Waals surface area (Å²) in [5.41, 5.74) is 5.72. The van der Waals surface area contributed by atoms with Crippen molar-refractivity contribution in [3.05, 3.63) is 24.0 Å². The Morgan fingerprint density at radius 1 is 1.50 bits per heavy atom. The average Bonchev–Trinajstić information content (AvgIpc) is 2.30. The maximum atomic E-state index is 11.5. The molecule has 1 aromatic heterocycles. The summed E-state index contributed by atoms with van der Waals surface area (Å²) >= 11 is 1.15. The van der Waals surface area contributed by atoms with Crippen LogP contribution >= 0.6 is 11.8 Å². The molecule has 0 saturated heterocycles. The van der Waals surface area contributed by atoms with Crippen LogP contribution in [0.5, 0.6) is 0 Å². The summed E-state index contributed by atoms with van der Waals surface area (Å²) in [5.74, 6) is -0.0309. The molecule has 1 aliphatic rings. The van der Waals surface area contributed by atoms with Crippen molar-refractivity contribution in [2.45, 2.75) is 0 Å². The van der Waals surface area contributed by atoms with E-state index in [1.54, 1.807) is 12.3 Å². The number of primary amides is 1. The van der Waals surface area contributed by atoms with Crippen molar-refractivity contribution in [2.24, 2.45) is 10.8 Å². The first kappa shape index (κ1) is 10.6. The molecule has 0 fully saturated rings. The Kier molecular flexibility index (Phi) is 2.86. The summed E-state index contributed by atoms with van der Waals surface area (Å²) in [5, 5.41) is 4.99. The van der Waals surface area contributed by atoms with Crippen molar-refractivity contribution >= 4 is 34.8 Å². The molecule has 0 aliphatic carbocycles. The van der Waals surface area contributed by atoms with Crippen LogP contribution in [-0.4, -0.2) is 28.1 Å². The molecule has 2 rings (SSSR count). The van der Waals surface area contributed by atoms with E-state index in [1.165, 1.54) is 17.3 Å². The minimum Gasteiger partial charge on any atom is -0.364 e. The zero-order chi connectivity index (χ0) is 11.5. The molecule has 2 heterocycles. The van der Waals surface area contributed by atoms with Crippen LogP contribution in [0.1, 0.15) is 10.5 Å². The van der Waals surface area contributed by atoms with E-state index in [2.05, 4.69) is 10.1 Å². The van der Waals surface area contributed by atoms with Gasteiger partial charge in [0.05, 0.1) is 11.9 Å². The molecule has 1 aromatic rings. The van der Waals surface area contributed by atoms with E-state index in [1.807, 2.05) is 0 Å². The third kappa shape index (κ3) is 2.03. The Morgan fingerprint density at radius 2 is 2.31 bits per heavy atom. The number of anilines is 1. The van der Waals surface area contributed by atoms with Gasteiger partial charge in [-0.15, -0.1) is 0 Å². The van der Waals surface area contributed by atoms with Crippen LogP contribution in [0.3, 0.4) is 0 Å². The second-order valence-electron chi connectivity index (χ2n) is 2.95. The van der Waals surface area contributed by atoms with Crippen molar-refractivity contribution in [3.8, 4) is 0 Å². The smallest absolute Gasteiger partial charge is 0.306 e. The predicted octanol–water partition coefficient (Wildman–Crippen LogP) is 0.840. The van der Waals surface area contributed by atoms with Crippen LogP contribution in [0, 0.1) is 0 Å². The van der Waals surface area contributed by atoms with Gasteiger partial charge in [0.25, 0.3) is 5.91 Å². The number of amides is 2. The standard InChI is InChI=1S/C9H8N4O2S/c10-8(14)7-2-1-6(5-11-7)13-9(15)16-4-3-12-13/h1-3,5H,4H2,(H2,10,14). The van der Waals surface area contributed by atoms with Gasteiger partial charge < -0.3 is 5.73 Å². The number of carbonyl (C=O) groups excluding carboxylic acids is 2. The number of nitrogens with zero attached hydrogens (tertiary/aromatic N) is 3. The lowest BCUT2D eigenvalue weighted by molar-refractivity contribution is 0.0995. The Bertz CT molecular complexity index is 457. The molecule has 0 bridgehead atoms. The number of carbonyl (C=O) groups is 2. The van der Waals surface area contributed by atoms with Gasteiger partial charge >= 0.3 is 5.24 Å². The van der Waals surface area contributed by atoms with Crippen LogP contribution in [0.2, 0.25) is 0 Å². The molecule has 7 heteroatoms. The molecule has 82 valence electrons. The molecule has 0 spiro atoms. The van der Waals surface area contributed by atoms with E-state index in [0.717, 1.165) is 11.8 Å². The summed E-state index contributed by atoms with van der Waals surface area (Å²) in [4.78, 5) is 26.1. The molecule has 16 heavy (non-hydrogen) atoms. The lowest BCUT2D eigenvalue weighted by atomic mass is 10.3. The lowest BCUT2D eigenvalue weighted by Gasteiger charge is -2.18. The monoisotopic (exact) mass is 236 g/mol. The summed E-state index contributed by atoms with van der Waals surface area (Å²) in [6.07, 6.45) is 3.02. The lowest BCUT2D eigenvalue weighted by Crippen LogP contribution is -2.25. The summed E-state index contributed by atoms with van der Waals surface area (Å²) in [6.45, 7) is 0. The maximum absolute atomic E-state index is 11.5. The van der Waals surface area contributed by atoms with Crippen LogP contribution in [-0.2, 0) is 0 Å². The molecule has 6 nitrogen and oxygen atoms in total. The molecule has 0 unspecified atom stereocenters. The van der Waals surface area contributed by atoms with Crippen molar-refractivity contribution < 1.29 is 9.59 Å². The molecule has 0 atom stereocenters. The molecule has 0 radical (unpaired) electrons. The normalized spacial score (nSPS) is 15.2. The average molecular weight is 236 g/mol. The predicted molar refractivity (Wildman–Crippen MR) is 61.6 cm³/mol. The van der Waals surface area contributed by atoms with E-state index >= 15 is 0 Å². The van der Waals surface area contributed by atoms with Crippen molar-refractivity contribution in [1.82, 2.24) is 4.98 Å². The highest BCUT2D eigenvalue weighted by Crippen LogP contribution is 2.21. The largest absolute Gasteiger partial charge is 0.364 e. The van der Waals surface area contributed by atoms with E-state index < -0.39 is 5.91 Å². The summed E-state index contributed by atoms with van der Waals surface area (Å²) in [7, 11) is 0. The number of hydrogen-bond acceptors (Lipinski definition) is 5. The van der Waals surface area contributed by atoms with Crippen molar-refractivity contribution in [3.63, 3.8) is 0 Å². The van der Waals surface area contributed by atoms with E-state index in [9.17, 15) is 9.59 Å². The minimum atomic E-state index is -0.602. The summed E-state index contributed by atoms with van der Waals surface area (Å²) < 4.78 is 0. The molecular weight excluding hydrogens is 228 g/mol.